The number of hydrogen-bond acceptors (Lipinski definition) is 4. The molecular formula is C25H21NO3. The molecule has 2 aliphatic heterocycles. The molecule has 2 heterocycles. The standard InChI is InChI=1S/C25H21NO3/c1-28-19-13-11-18(12-14-19)25(27)21-16-26-22-9-5-6-10-23(22)29-24(26)15-20(21)17-7-3-2-4-8-17/h2-14,16,20,24H,15H2,1H3/t20-,24+/m0/s1. The third-order valence-corrected chi connectivity index (χ3v) is 5.62. The first-order valence-electron chi connectivity index (χ1n) is 9.74. The summed E-state index contributed by atoms with van der Waals surface area (Å²) >= 11 is 0. The average molecular weight is 383 g/mol. The monoisotopic (exact) mass is 383 g/mol. The van der Waals surface area contributed by atoms with Crippen molar-refractivity contribution >= 4 is 11.5 Å². The minimum absolute atomic E-state index is 0.0265. The van der Waals surface area contributed by atoms with Gasteiger partial charge in [0.15, 0.2) is 12.0 Å². The number of Topliss-reactive ketones (excluding diaryl/α,β-unsaturated/α-hetero) is 1. The predicted molar refractivity (Wildman–Crippen MR) is 113 cm³/mol. The molecule has 0 saturated heterocycles. The van der Waals surface area contributed by atoms with Crippen molar-refractivity contribution in [3.8, 4) is 11.5 Å². The molecule has 2 atom stereocenters. The van der Waals surface area contributed by atoms with Gasteiger partial charge in [-0.2, -0.15) is 0 Å². The number of carbonyl (C=O) groups is 1. The van der Waals surface area contributed by atoms with E-state index in [9.17, 15) is 4.79 Å². The smallest absolute Gasteiger partial charge is 0.191 e. The number of anilines is 1. The fraction of sp³-hybridized carbons (Fsp3) is 0.160. The topological polar surface area (TPSA) is 38.8 Å². The van der Waals surface area contributed by atoms with Crippen molar-refractivity contribution in [2.24, 2.45) is 0 Å². The number of methoxy groups -OCH3 is 1. The van der Waals surface area contributed by atoms with Crippen LogP contribution in [0.15, 0.2) is 90.6 Å². The van der Waals surface area contributed by atoms with Crippen LogP contribution in [-0.2, 0) is 0 Å². The summed E-state index contributed by atoms with van der Waals surface area (Å²) in [5, 5.41) is 0. The summed E-state index contributed by atoms with van der Waals surface area (Å²) in [4.78, 5) is 15.6. The van der Waals surface area contributed by atoms with Crippen LogP contribution in [0.4, 0.5) is 5.69 Å². The normalized spacial score (nSPS) is 19.6. The van der Waals surface area contributed by atoms with E-state index in [-0.39, 0.29) is 17.9 Å². The molecule has 4 heteroatoms. The summed E-state index contributed by atoms with van der Waals surface area (Å²) in [6.07, 6.45) is 2.58. The number of carbonyl (C=O) groups excluding carboxylic acids is 1. The Labute approximate surface area is 170 Å². The van der Waals surface area contributed by atoms with Gasteiger partial charge in [0, 0.05) is 29.7 Å². The molecule has 0 fully saturated rings. The number of hydrogen-bond donors (Lipinski definition) is 0. The second kappa shape index (κ2) is 7.13. The highest BCUT2D eigenvalue weighted by molar-refractivity contribution is 6.10. The number of rotatable bonds is 4. The molecule has 144 valence electrons. The molecule has 0 aliphatic carbocycles. The molecule has 5 rings (SSSR count). The Morgan fingerprint density at radius 3 is 2.45 bits per heavy atom. The SMILES string of the molecule is COc1ccc(C(=O)C2=CN3c4ccccc4O[C@@H]3C[C@H]2c2ccccc2)cc1. The van der Waals surface area contributed by atoms with Crippen LogP contribution < -0.4 is 14.4 Å². The van der Waals surface area contributed by atoms with Gasteiger partial charge in [0.2, 0.25) is 0 Å². The van der Waals surface area contributed by atoms with E-state index >= 15 is 0 Å². The maximum absolute atomic E-state index is 13.5. The molecule has 0 unspecified atom stereocenters. The average Bonchev–Trinajstić information content (AvgIpc) is 3.16. The molecule has 2 aliphatic rings. The lowest BCUT2D eigenvalue weighted by Gasteiger charge is -2.33. The Hall–Kier alpha value is -3.53. The Morgan fingerprint density at radius 2 is 1.69 bits per heavy atom. The van der Waals surface area contributed by atoms with E-state index in [1.54, 1.807) is 7.11 Å². The minimum atomic E-state index is -0.106. The van der Waals surface area contributed by atoms with Gasteiger partial charge in [-0.25, -0.2) is 0 Å². The van der Waals surface area contributed by atoms with Gasteiger partial charge in [-0.3, -0.25) is 4.79 Å². The molecule has 4 nitrogen and oxygen atoms in total. The lowest BCUT2D eigenvalue weighted by atomic mass is 9.82. The number of ether oxygens (including phenoxy) is 2. The summed E-state index contributed by atoms with van der Waals surface area (Å²) in [6.45, 7) is 0. The first-order chi connectivity index (χ1) is 14.2. The summed E-state index contributed by atoms with van der Waals surface area (Å²) in [7, 11) is 1.62. The fourth-order valence-electron chi connectivity index (χ4n) is 4.14. The van der Waals surface area contributed by atoms with E-state index in [1.807, 2.05) is 72.9 Å². The Bertz CT molecular complexity index is 1070. The second-order valence-corrected chi connectivity index (χ2v) is 7.29. The Balaban J connectivity index is 1.58. The first kappa shape index (κ1) is 17.6. The van der Waals surface area contributed by atoms with Gasteiger partial charge in [-0.15, -0.1) is 0 Å². The van der Waals surface area contributed by atoms with Gasteiger partial charge in [-0.05, 0) is 42.0 Å². The molecule has 0 radical (unpaired) electrons. The summed E-state index contributed by atoms with van der Waals surface area (Å²) in [5.41, 5.74) is 3.56. The lowest BCUT2D eigenvalue weighted by Crippen LogP contribution is -2.38. The maximum atomic E-state index is 13.5. The van der Waals surface area contributed by atoms with E-state index < -0.39 is 0 Å². The van der Waals surface area contributed by atoms with Crippen LogP contribution in [0, 0.1) is 0 Å². The van der Waals surface area contributed by atoms with E-state index in [2.05, 4.69) is 17.0 Å². The zero-order chi connectivity index (χ0) is 19.8. The highest BCUT2D eigenvalue weighted by Gasteiger charge is 2.39. The van der Waals surface area contributed by atoms with Crippen molar-refractivity contribution in [1.82, 2.24) is 0 Å². The Morgan fingerprint density at radius 1 is 0.966 bits per heavy atom. The molecule has 3 aromatic rings. The number of para-hydroxylation sites is 2. The lowest BCUT2D eigenvalue weighted by molar-refractivity contribution is 0.101. The predicted octanol–water partition coefficient (Wildman–Crippen LogP) is 5.17. The number of ketones is 1. The summed E-state index contributed by atoms with van der Waals surface area (Å²) in [6, 6.07) is 25.5. The highest BCUT2D eigenvalue weighted by Crippen LogP contribution is 2.45. The molecule has 0 amide bonds. The number of allylic oxidation sites excluding steroid dienone is 1. The number of nitrogens with zero attached hydrogens (tertiary/aromatic N) is 1. The molecule has 29 heavy (non-hydrogen) atoms. The quantitative estimate of drug-likeness (QED) is 0.582. The molecule has 3 aromatic carbocycles. The van der Waals surface area contributed by atoms with Crippen LogP contribution in [0.25, 0.3) is 0 Å². The molecule has 0 aromatic heterocycles. The van der Waals surface area contributed by atoms with Gasteiger partial charge < -0.3 is 14.4 Å². The number of fused-ring (bicyclic) bond motifs is 3. The molecule has 0 N–H and O–H groups in total. The number of benzene rings is 3. The largest absolute Gasteiger partial charge is 0.497 e. The third-order valence-electron chi connectivity index (χ3n) is 5.62. The van der Waals surface area contributed by atoms with Crippen molar-refractivity contribution in [3.05, 3.63) is 102 Å². The van der Waals surface area contributed by atoms with Crippen molar-refractivity contribution in [1.29, 1.82) is 0 Å². The molecular weight excluding hydrogens is 362 g/mol. The van der Waals surface area contributed by atoms with E-state index in [0.717, 1.165) is 28.3 Å². The zero-order valence-corrected chi connectivity index (χ0v) is 16.1. The fourth-order valence-corrected chi connectivity index (χ4v) is 4.14. The highest BCUT2D eigenvalue weighted by atomic mass is 16.5. The second-order valence-electron chi connectivity index (χ2n) is 7.29. The van der Waals surface area contributed by atoms with Crippen molar-refractivity contribution in [2.45, 2.75) is 18.6 Å². The van der Waals surface area contributed by atoms with Gasteiger partial charge in [-0.1, -0.05) is 42.5 Å². The third kappa shape index (κ3) is 3.07. The summed E-state index contributed by atoms with van der Waals surface area (Å²) in [5.74, 6) is 1.60. The summed E-state index contributed by atoms with van der Waals surface area (Å²) < 4.78 is 11.4. The molecule has 0 bridgehead atoms. The van der Waals surface area contributed by atoms with Crippen molar-refractivity contribution in [3.63, 3.8) is 0 Å². The zero-order valence-electron chi connectivity index (χ0n) is 16.1. The maximum Gasteiger partial charge on any atom is 0.191 e. The van der Waals surface area contributed by atoms with E-state index in [1.165, 1.54) is 0 Å². The van der Waals surface area contributed by atoms with Crippen LogP contribution in [0.5, 0.6) is 11.5 Å². The van der Waals surface area contributed by atoms with Gasteiger partial charge in [0.25, 0.3) is 0 Å². The van der Waals surface area contributed by atoms with Crippen LogP contribution in [-0.4, -0.2) is 19.1 Å². The molecule has 0 spiro atoms. The van der Waals surface area contributed by atoms with Gasteiger partial charge >= 0.3 is 0 Å². The van der Waals surface area contributed by atoms with E-state index in [0.29, 0.717) is 12.0 Å². The van der Waals surface area contributed by atoms with Crippen molar-refractivity contribution in [2.75, 3.05) is 12.0 Å². The van der Waals surface area contributed by atoms with E-state index in [4.69, 9.17) is 9.47 Å². The van der Waals surface area contributed by atoms with Crippen LogP contribution in [0.2, 0.25) is 0 Å². The van der Waals surface area contributed by atoms with Crippen molar-refractivity contribution < 1.29 is 14.3 Å². The van der Waals surface area contributed by atoms with Crippen LogP contribution >= 0.6 is 0 Å². The van der Waals surface area contributed by atoms with Gasteiger partial charge in [0.1, 0.15) is 11.5 Å². The minimum Gasteiger partial charge on any atom is -0.497 e. The first-order valence-corrected chi connectivity index (χ1v) is 9.74. The molecule has 0 saturated carbocycles. The Kier molecular flexibility index (Phi) is 4.32. The van der Waals surface area contributed by atoms with Crippen LogP contribution in [0.3, 0.4) is 0 Å². The van der Waals surface area contributed by atoms with Crippen LogP contribution in [0.1, 0.15) is 28.3 Å². The van der Waals surface area contributed by atoms with Gasteiger partial charge in [0.05, 0.1) is 12.8 Å².